The Morgan fingerprint density at radius 3 is 2.58 bits per heavy atom. The van der Waals surface area contributed by atoms with Crippen molar-refractivity contribution in [2.24, 2.45) is 23.3 Å². The molecule has 1 saturated heterocycles. The molecule has 3 atom stereocenters. The predicted octanol–water partition coefficient (Wildman–Crippen LogP) is 2.58. The molecule has 3 fully saturated rings. The van der Waals surface area contributed by atoms with Crippen LogP contribution in [-0.2, 0) is 17.8 Å². The number of carbonyl (C=O) groups excluding carboxylic acids is 1. The van der Waals surface area contributed by atoms with E-state index in [-0.39, 0.29) is 12.1 Å². The summed E-state index contributed by atoms with van der Waals surface area (Å²) in [5.74, 6) is 2.01. The molecular formula is C25H33ClN10O2. The highest BCUT2D eigenvalue weighted by molar-refractivity contribution is 6.36. The van der Waals surface area contributed by atoms with Crippen LogP contribution in [0.1, 0.15) is 36.9 Å². The van der Waals surface area contributed by atoms with Crippen LogP contribution in [0.3, 0.4) is 0 Å². The second-order valence-corrected chi connectivity index (χ2v) is 10.8. The molecule has 0 unspecified atom stereocenters. The number of alkyl carbamates (subject to hydrolysis) is 1. The van der Waals surface area contributed by atoms with Crippen molar-refractivity contribution in [2.75, 3.05) is 35.7 Å². The second-order valence-electron chi connectivity index (χ2n) is 10.4. The summed E-state index contributed by atoms with van der Waals surface area (Å²) in [7, 11) is 1.39. The Kier molecular flexibility index (Phi) is 6.62. The van der Waals surface area contributed by atoms with E-state index >= 15 is 0 Å². The number of imidazole rings is 1. The highest BCUT2D eigenvalue weighted by Gasteiger charge is 2.42. The quantitative estimate of drug-likeness (QED) is 0.287. The van der Waals surface area contributed by atoms with E-state index in [1.807, 2.05) is 6.07 Å². The lowest BCUT2D eigenvalue weighted by atomic mass is 10.0. The maximum absolute atomic E-state index is 11.6. The highest BCUT2D eigenvalue weighted by Crippen LogP contribution is 2.44. The molecule has 202 valence electrons. The second kappa shape index (κ2) is 10.1. The molecule has 1 amide bonds. The number of hydrogen-bond acceptors (Lipinski definition) is 10. The Bertz CT molecular complexity index is 1350. The largest absolute Gasteiger partial charge is 0.453 e. The van der Waals surface area contributed by atoms with Gasteiger partial charge in [0.2, 0.25) is 5.95 Å². The van der Waals surface area contributed by atoms with Gasteiger partial charge in [-0.25, -0.2) is 14.3 Å². The number of ether oxygens (including phenoxy) is 1. The van der Waals surface area contributed by atoms with E-state index in [9.17, 15) is 4.79 Å². The van der Waals surface area contributed by atoms with Gasteiger partial charge in [0.15, 0.2) is 11.5 Å². The number of carbonyl (C=O) groups is 1. The number of aromatic nitrogens is 4. The summed E-state index contributed by atoms with van der Waals surface area (Å²) < 4.78 is 6.49. The zero-order valence-electron chi connectivity index (χ0n) is 21.3. The van der Waals surface area contributed by atoms with Crippen LogP contribution in [0.25, 0.3) is 5.65 Å². The molecule has 6 rings (SSSR count). The number of nitrogens with zero attached hydrogens (tertiary/aromatic N) is 5. The summed E-state index contributed by atoms with van der Waals surface area (Å²) in [6.07, 6.45) is 5.42. The monoisotopic (exact) mass is 540 g/mol. The predicted molar refractivity (Wildman–Crippen MR) is 146 cm³/mol. The molecule has 2 aliphatic carbocycles. The first-order chi connectivity index (χ1) is 18.4. The van der Waals surface area contributed by atoms with E-state index in [2.05, 4.69) is 37.0 Å². The molecular weight excluding hydrogens is 508 g/mol. The Morgan fingerprint density at radius 1 is 1.16 bits per heavy atom. The van der Waals surface area contributed by atoms with E-state index in [1.165, 1.54) is 7.11 Å². The van der Waals surface area contributed by atoms with Crippen LogP contribution in [0.5, 0.6) is 0 Å². The van der Waals surface area contributed by atoms with Crippen molar-refractivity contribution in [3.8, 4) is 0 Å². The van der Waals surface area contributed by atoms with Crippen molar-refractivity contribution in [3.05, 3.63) is 34.6 Å². The fourth-order valence-electron chi connectivity index (χ4n) is 5.70. The molecule has 7 N–H and O–H groups in total. The third-order valence-electron chi connectivity index (χ3n) is 7.75. The van der Waals surface area contributed by atoms with Crippen molar-refractivity contribution in [1.29, 1.82) is 0 Å². The molecule has 13 heteroatoms. The Hall–Kier alpha value is -3.35. The maximum atomic E-state index is 11.6. The van der Waals surface area contributed by atoms with E-state index in [0.29, 0.717) is 59.1 Å². The van der Waals surface area contributed by atoms with Gasteiger partial charge in [0, 0.05) is 38.3 Å². The minimum atomic E-state index is -0.369. The number of amides is 1. The van der Waals surface area contributed by atoms with Crippen molar-refractivity contribution >= 4 is 46.5 Å². The number of nitrogens with one attached hydrogen (secondary N) is 3. The Labute approximate surface area is 225 Å². The maximum Gasteiger partial charge on any atom is 0.407 e. The van der Waals surface area contributed by atoms with E-state index in [4.69, 9.17) is 32.8 Å². The van der Waals surface area contributed by atoms with Crippen LogP contribution >= 0.6 is 11.6 Å². The summed E-state index contributed by atoms with van der Waals surface area (Å²) in [5, 5.41) is 15.0. The van der Waals surface area contributed by atoms with Gasteiger partial charge in [-0.1, -0.05) is 11.6 Å². The number of anilines is 4. The van der Waals surface area contributed by atoms with Crippen LogP contribution < -0.4 is 32.3 Å². The van der Waals surface area contributed by atoms with E-state index < -0.39 is 0 Å². The van der Waals surface area contributed by atoms with Gasteiger partial charge in [-0.05, 0) is 55.2 Å². The zero-order chi connectivity index (χ0) is 26.4. The van der Waals surface area contributed by atoms with Gasteiger partial charge >= 0.3 is 6.09 Å². The number of nitrogens with two attached hydrogens (primary N) is 2. The average Bonchev–Trinajstić information content (AvgIpc) is 3.31. The van der Waals surface area contributed by atoms with Gasteiger partial charge in [0.05, 0.1) is 35.4 Å². The summed E-state index contributed by atoms with van der Waals surface area (Å²) in [5.41, 5.74) is 16.0. The first-order valence-electron chi connectivity index (χ1n) is 13.1. The molecule has 2 aromatic heterocycles. The average molecular weight is 541 g/mol. The van der Waals surface area contributed by atoms with Crippen molar-refractivity contribution in [2.45, 2.75) is 50.9 Å². The molecule has 12 nitrogen and oxygen atoms in total. The molecule has 3 aliphatic rings. The molecule has 0 spiro atoms. The van der Waals surface area contributed by atoms with Crippen molar-refractivity contribution in [1.82, 2.24) is 24.9 Å². The van der Waals surface area contributed by atoms with Crippen molar-refractivity contribution in [3.63, 3.8) is 0 Å². The van der Waals surface area contributed by atoms with Gasteiger partial charge in [0.1, 0.15) is 0 Å². The first kappa shape index (κ1) is 25.0. The van der Waals surface area contributed by atoms with Crippen LogP contribution in [0, 0.1) is 11.8 Å². The Balaban J connectivity index is 1.26. The third kappa shape index (κ3) is 4.79. The van der Waals surface area contributed by atoms with E-state index in [1.54, 1.807) is 10.7 Å². The molecule has 0 bridgehead atoms. The number of methoxy groups -OCH3 is 1. The molecule has 3 aromatic rings. The van der Waals surface area contributed by atoms with Gasteiger partial charge in [-0.2, -0.15) is 4.98 Å². The molecule has 1 aliphatic heterocycles. The summed E-state index contributed by atoms with van der Waals surface area (Å²) in [6, 6.07) is 4.55. The standard InChI is InChI=1S/C25H33ClN10O2/c1-38-25(37)31-17-6-14-11-35(12-15(14)7-17)20-5-13(8-27)4-19(21(20)26)32-24-33-22(30-16-2-3-16)23-29-10-18(9-28)36(23)34-24/h4-5,10,14-17H,2-3,6-9,11-12,27-28H2,1H3,(H,31,37)(H2,30,32,33,34)/t14-,15+,17-. The molecule has 3 heterocycles. The number of rotatable bonds is 8. The fourth-order valence-corrected chi connectivity index (χ4v) is 5.98. The summed E-state index contributed by atoms with van der Waals surface area (Å²) in [6.45, 7) is 2.41. The van der Waals surface area contributed by atoms with Crippen LogP contribution in [0.15, 0.2) is 18.3 Å². The SMILES string of the molecule is COC(=O)N[C@@H]1C[C@@H]2CN(c3cc(CN)cc(Nc4nc(NC5CC5)c5ncc(CN)n5n4)c3Cl)C[C@@H]2C1. The normalized spacial score (nSPS) is 22.5. The smallest absolute Gasteiger partial charge is 0.407 e. The van der Waals surface area contributed by atoms with Gasteiger partial charge < -0.3 is 37.1 Å². The fraction of sp³-hybridized carbons (Fsp3) is 0.520. The summed E-state index contributed by atoms with van der Waals surface area (Å²) >= 11 is 7.00. The number of halogens is 1. The van der Waals surface area contributed by atoms with Crippen LogP contribution in [0.4, 0.5) is 27.9 Å². The lowest BCUT2D eigenvalue weighted by Gasteiger charge is -2.24. The lowest BCUT2D eigenvalue weighted by Crippen LogP contribution is -2.34. The topological polar surface area (TPSA) is 161 Å². The van der Waals surface area contributed by atoms with Gasteiger partial charge in [0.25, 0.3) is 0 Å². The molecule has 2 saturated carbocycles. The third-order valence-corrected chi connectivity index (χ3v) is 8.15. The van der Waals surface area contributed by atoms with Gasteiger partial charge in [-0.3, -0.25) is 0 Å². The highest BCUT2D eigenvalue weighted by atomic mass is 35.5. The number of hydrogen-bond donors (Lipinski definition) is 5. The molecule has 0 radical (unpaired) electrons. The lowest BCUT2D eigenvalue weighted by molar-refractivity contribution is 0.166. The van der Waals surface area contributed by atoms with Gasteiger partial charge in [-0.15, -0.1) is 5.10 Å². The summed E-state index contributed by atoms with van der Waals surface area (Å²) in [4.78, 5) is 23.2. The Morgan fingerprint density at radius 2 is 1.92 bits per heavy atom. The minimum Gasteiger partial charge on any atom is -0.453 e. The first-order valence-corrected chi connectivity index (χ1v) is 13.4. The molecule has 1 aromatic carbocycles. The van der Waals surface area contributed by atoms with E-state index in [0.717, 1.165) is 55.7 Å². The zero-order valence-corrected chi connectivity index (χ0v) is 22.0. The number of benzene rings is 1. The van der Waals surface area contributed by atoms with Crippen LogP contribution in [0.2, 0.25) is 5.02 Å². The molecule has 38 heavy (non-hydrogen) atoms. The minimum absolute atomic E-state index is 0.148. The van der Waals surface area contributed by atoms with Crippen LogP contribution in [-0.4, -0.2) is 58.0 Å². The number of fused-ring (bicyclic) bond motifs is 2. The van der Waals surface area contributed by atoms with Crippen molar-refractivity contribution < 1.29 is 9.53 Å².